The summed E-state index contributed by atoms with van der Waals surface area (Å²) in [5.74, 6) is 0.159. The van der Waals surface area contributed by atoms with Crippen molar-refractivity contribution in [3.63, 3.8) is 0 Å². The Labute approximate surface area is 104 Å². The van der Waals surface area contributed by atoms with Gasteiger partial charge in [0.1, 0.15) is 0 Å². The second-order valence-corrected chi connectivity index (χ2v) is 5.75. The van der Waals surface area contributed by atoms with Crippen LogP contribution in [0, 0.1) is 5.41 Å². The normalized spacial score (nSPS) is 25.7. The Hall–Kier alpha value is -0.610. The minimum Gasteiger partial charge on any atom is -0.394 e. The Kier molecular flexibility index (Phi) is 4.55. The highest BCUT2D eigenvalue weighted by molar-refractivity contribution is 5.83. The minimum absolute atomic E-state index is 0.0114. The number of hydrogen-bond donors (Lipinski definition) is 2. The van der Waals surface area contributed by atoms with Gasteiger partial charge in [-0.2, -0.15) is 0 Å². The molecule has 1 heterocycles. The number of piperidine rings is 1. The summed E-state index contributed by atoms with van der Waals surface area (Å²) in [7, 11) is 1.80. The summed E-state index contributed by atoms with van der Waals surface area (Å²) in [5.41, 5.74) is -0.768. The lowest BCUT2D eigenvalue weighted by Crippen LogP contribution is -2.57. The number of nitrogens with zero attached hydrogens (tertiary/aromatic N) is 1. The monoisotopic (exact) mass is 242 g/mol. The summed E-state index contributed by atoms with van der Waals surface area (Å²) in [6.45, 7) is 7.61. The van der Waals surface area contributed by atoms with E-state index < -0.39 is 5.54 Å². The van der Waals surface area contributed by atoms with Gasteiger partial charge in [-0.15, -0.1) is 0 Å². The second kappa shape index (κ2) is 5.36. The first-order valence-electron chi connectivity index (χ1n) is 6.49. The molecule has 1 aliphatic rings. The van der Waals surface area contributed by atoms with Gasteiger partial charge in [0, 0.05) is 13.6 Å². The van der Waals surface area contributed by atoms with Crippen LogP contribution in [0.3, 0.4) is 0 Å². The van der Waals surface area contributed by atoms with E-state index in [0.29, 0.717) is 0 Å². The number of carbonyl (C=O) groups is 1. The first kappa shape index (κ1) is 14.5. The third-order valence-corrected chi connectivity index (χ3v) is 4.20. The molecule has 0 saturated carbocycles. The van der Waals surface area contributed by atoms with Crippen molar-refractivity contribution in [1.82, 2.24) is 10.2 Å². The van der Waals surface area contributed by atoms with Gasteiger partial charge in [-0.1, -0.05) is 6.92 Å². The number of likely N-dealkylation sites (N-methyl/N-ethyl adjacent to an activating group) is 1. The Morgan fingerprint density at radius 1 is 1.53 bits per heavy atom. The lowest BCUT2D eigenvalue weighted by atomic mass is 9.76. The molecule has 1 fully saturated rings. The van der Waals surface area contributed by atoms with E-state index in [0.717, 1.165) is 32.4 Å². The Morgan fingerprint density at radius 2 is 2.18 bits per heavy atom. The van der Waals surface area contributed by atoms with E-state index in [4.69, 9.17) is 0 Å². The molecule has 1 aliphatic heterocycles. The maximum absolute atomic E-state index is 12.6. The third kappa shape index (κ3) is 2.80. The first-order valence-corrected chi connectivity index (χ1v) is 6.49. The van der Waals surface area contributed by atoms with Crippen molar-refractivity contribution in [3.8, 4) is 0 Å². The summed E-state index contributed by atoms with van der Waals surface area (Å²) < 4.78 is 0. The molecule has 4 nitrogen and oxygen atoms in total. The van der Waals surface area contributed by atoms with Gasteiger partial charge in [-0.25, -0.2) is 0 Å². The molecule has 100 valence electrons. The Morgan fingerprint density at radius 3 is 2.59 bits per heavy atom. The van der Waals surface area contributed by atoms with Crippen LogP contribution in [-0.2, 0) is 4.79 Å². The molecule has 0 aromatic heterocycles. The summed E-state index contributed by atoms with van der Waals surface area (Å²) in [5, 5.41) is 12.7. The quantitative estimate of drug-likeness (QED) is 0.773. The van der Waals surface area contributed by atoms with E-state index in [9.17, 15) is 9.90 Å². The van der Waals surface area contributed by atoms with Crippen LogP contribution in [0.1, 0.15) is 40.0 Å². The molecule has 0 aromatic rings. The molecule has 0 aromatic carbocycles. The van der Waals surface area contributed by atoms with Crippen molar-refractivity contribution in [3.05, 3.63) is 0 Å². The fraction of sp³-hybridized carbons (Fsp3) is 0.923. The first-order chi connectivity index (χ1) is 7.89. The average molecular weight is 242 g/mol. The molecule has 0 bridgehead atoms. The van der Waals surface area contributed by atoms with Crippen LogP contribution in [0.15, 0.2) is 0 Å². The van der Waals surface area contributed by atoms with Gasteiger partial charge in [0.2, 0.25) is 5.91 Å². The van der Waals surface area contributed by atoms with Gasteiger partial charge < -0.3 is 15.3 Å². The van der Waals surface area contributed by atoms with E-state index in [1.165, 1.54) is 0 Å². The molecule has 17 heavy (non-hydrogen) atoms. The topological polar surface area (TPSA) is 52.6 Å². The van der Waals surface area contributed by atoms with Crippen molar-refractivity contribution in [2.75, 3.05) is 26.7 Å². The summed E-state index contributed by atoms with van der Waals surface area (Å²) in [6.07, 6.45) is 2.85. The number of aliphatic hydroxyl groups excluding tert-OH is 1. The zero-order valence-corrected chi connectivity index (χ0v) is 11.5. The van der Waals surface area contributed by atoms with Crippen molar-refractivity contribution in [2.24, 2.45) is 5.41 Å². The maximum atomic E-state index is 12.6. The zero-order chi connectivity index (χ0) is 13.1. The SMILES string of the molecule is CCC1(C(=O)N(C)C(C)(C)CO)CCCNC1. The van der Waals surface area contributed by atoms with Gasteiger partial charge in [0.05, 0.1) is 17.6 Å². The van der Waals surface area contributed by atoms with Crippen molar-refractivity contribution in [2.45, 2.75) is 45.6 Å². The molecule has 1 unspecified atom stereocenters. The molecule has 1 amide bonds. The van der Waals surface area contributed by atoms with E-state index in [1.807, 2.05) is 13.8 Å². The molecule has 2 N–H and O–H groups in total. The third-order valence-electron chi connectivity index (χ3n) is 4.20. The van der Waals surface area contributed by atoms with E-state index >= 15 is 0 Å². The van der Waals surface area contributed by atoms with Crippen LogP contribution in [0.4, 0.5) is 0 Å². The van der Waals surface area contributed by atoms with E-state index in [1.54, 1.807) is 11.9 Å². The predicted octanol–water partition coefficient (Wildman–Crippen LogP) is 0.996. The van der Waals surface area contributed by atoms with Gasteiger partial charge in [-0.3, -0.25) is 4.79 Å². The molecule has 0 aliphatic carbocycles. The minimum atomic E-state index is -0.489. The van der Waals surface area contributed by atoms with Gasteiger partial charge in [0.25, 0.3) is 0 Å². The number of rotatable bonds is 4. The Balaban J connectivity index is 2.85. The lowest BCUT2D eigenvalue weighted by Gasteiger charge is -2.43. The number of nitrogens with one attached hydrogen (secondary N) is 1. The fourth-order valence-electron chi connectivity index (χ4n) is 2.34. The number of amides is 1. The fourth-order valence-corrected chi connectivity index (χ4v) is 2.34. The van der Waals surface area contributed by atoms with Gasteiger partial charge in [0.15, 0.2) is 0 Å². The Bertz CT molecular complexity index is 271. The van der Waals surface area contributed by atoms with Gasteiger partial charge >= 0.3 is 0 Å². The lowest BCUT2D eigenvalue weighted by molar-refractivity contribution is -0.148. The van der Waals surface area contributed by atoms with Crippen LogP contribution in [-0.4, -0.2) is 48.2 Å². The zero-order valence-electron chi connectivity index (χ0n) is 11.5. The average Bonchev–Trinajstić information content (AvgIpc) is 2.37. The smallest absolute Gasteiger partial charge is 0.230 e. The highest BCUT2D eigenvalue weighted by Crippen LogP contribution is 2.33. The summed E-state index contributed by atoms with van der Waals surface area (Å²) in [6, 6.07) is 0. The molecule has 1 atom stereocenters. The van der Waals surface area contributed by atoms with Crippen LogP contribution in [0.25, 0.3) is 0 Å². The molecule has 0 radical (unpaired) electrons. The second-order valence-electron chi connectivity index (χ2n) is 5.75. The van der Waals surface area contributed by atoms with E-state index in [2.05, 4.69) is 12.2 Å². The molecular weight excluding hydrogens is 216 g/mol. The molecule has 4 heteroatoms. The molecule has 1 rings (SSSR count). The summed E-state index contributed by atoms with van der Waals surface area (Å²) in [4.78, 5) is 14.3. The summed E-state index contributed by atoms with van der Waals surface area (Å²) >= 11 is 0. The van der Waals surface area contributed by atoms with Crippen molar-refractivity contribution >= 4 is 5.91 Å². The standard InChI is InChI=1S/C13H26N2O2/c1-5-13(7-6-8-14-9-13)11(17)15(4)12(2,3)10-16/h14,16H,5-10H2,1-4H3. The highest BCUT2D eigenvalue weighted by Gasteiger charge is 2.42. The molecule has 0 spiro atoms. The molecule has 1 saturated heterocycles. The highest BCUT2D eigenvalue weighted by atomic mass is 16.3. The predicted molar refractivity (Wildman–Crippen MR) is 68.8 cm³/mol. The van der Waals surface area contributed by atoms with Crippen LogP contribution >= 0.6 is 0 Å². The van der Waals surface area contributed by atoms with Gasteiger partial charge in [-0.05, 0) is 39.7 Å². The van der Waals surface area contributed by atoms with E-state index in [-0.39, 0.29) is 17.9 Å². The van der Waals surface area contributed by atoms with Crippen LogP contribution < -0.4 is 5.32 Å². The van der Waals surface area contributed by atoms with Crippen molar-refractivity contribution < 1.29 is 9.90 Å². The largest absolute Gasteiger partial charge is 0.394 e. The maximum Gasteiger partial charge on any atom is 0.230 e. The van der Waals surface area contributed by atoms with Crippen LogP contribution in [0.2, 0.25) is 0 Å². The number of aliphatic hydroxyl groups is 1. The number of carbonyl (C=O) groups excluding carboxylic acids is 1. The van der Waals surface area contributed by atoms with Crippen LogP contribution in [0.5, 0.6) is 0 Å². The molecular formula is C13H26N2O2. The number of hydrogen-bond acceptors (Lipinski definition) is 3. The van der Waals surface area contributed by atoms with Crippen molar-refractivity contribution in [1.29, 1.82) is 0 Å².